The Hall–Kier alpha value is -3.01. The molecular formula is C20H22F3N5O2. The number of aromatic nitrogens is 2. The second-order valence-corrected chi connectivity index (χ2v) is 7.13. The van der Waals surface area contributed by atoms with Crippen molar-refractivity contribution in [2.24, 2.45) is 0 Å². The summed E-state index contributed by atoms with van der Waals surface area (Å²) in [5, 5.41) is 2.73. The molecule has 1 fully saturated rings. The molecule has 1 atom stereocenters. The van der Waals surface area contributed by atoms with E-state index in [1.807, 2.05) is 0 Å². The standard InChI is InChI=1S/C20H22F3N5O2/c1-27(12-16-5-6-24-13-26-16)18(29)10-17-19(30)25-7-8-28(17)11-14-3-2-4-15(9-14)20(21,22)23/h2-6,9,13,17H,7-8,10-12H2,1H3,(H,25,30). The molecule has 1 aliphatic rings. The molecule has 1 aromatic heterocycles. The van der Waals surface area contributed by atoms with Crippen molar-refractivity contribution in [3.8, 4) is 0 Å². The Labute approximate surface area is 171 Å². The number of rotatable bonds is 6. The molecule has 2 heterocycles. The molecular weight excluding hydrogens is 399 g/mol. The number of carbonyl (C=O) groups excluding carboxylic acids is 2. The van der Waals surface area contributed by atoms with Gasteiger partial charge in [-0.3, -0.25) is 14.5 Å². The Morgan fingerprint density at radius 3 is 2.83 bits per heavy atom. The molecule has 0 spiro atoms. The van der Waals surface area contributed by atoms with Crippen LogP contribution in [0.1, 0.15) is 23.2 Å². The van der Waals surface area contributed by atoms with Crippen LogP contribution in [0.25, 0.3) is 0 Å². The van der Waals surface area contributed by atoms with Gasteiger partial charge in [-0.25, -0.2) is 9.97 Å². The Balaban J connectivity index is 1.69. The van der Waals surface area contributed by atoms with Crippen LogP contribution in [0.3, 0.4) is 0 Å². The molecule has 160 valence electrons. The highest BCUT2D eigenvalue weighted by Gasteiger charge is 2.34. The third-order valence-electron chi connectivity index (χ3n) is 4.92. The second-order valence-electron chi connectivity index (χ2n) is 7.13. The summed E-state index contributed by atoms with van der Waals surface area (Å²) in [5.41, 5.74) is 0.361. The van der Waals surface area contributed by atoms with Crippen LogP contribution in [0, 0.1) is 0 Å². The van der Waals surface area contributed by atoms with Gasteiger partial charge in [0.15, 0.2) is 0 Å². The van der Waals surface area contributed by atoms with E-state index in [1.165, 1.54) is 17.3 Å². The predicted molar refractivity (Wildman–Crippen MR) is 102 cm³/mol. The van der Waals surface area contributed by atoms with Crippen LogP contribution in [0.2, 0.25) is 0 Å². The quantitative estimate of drug-likeness (QED) is 0.770. The first-order valence-electron chi connectivity index (χ1n) is 9.41. The topological polar surface area (TPSA) is 78.4 Å². The van der Waals surface area contributed by atoms with Crippen LogP contribution in [0.4, 0.5) is 13.2 Å². The molecule has 1 saturated heterocycles. The second kappa shape index (κ2) is 9.21. The van der Waals surface area contributed by atoms with Gasteiger partial charge in [0.25, 0.3) is 0 Å². The number of benzene rings is 1. The summed E-state index contributed by atoms with van der Waals surface area (Å²) < 4.78 is 39.0. The molecule has 30 heavy (non-hydrogen) atoms. The molecule has 3 rings (SSSR count). The molecule has 0 aliphatic carbocycles. The molecule has 0 saturated carbocycles. The fraction of sp³-hybridized carbons (Fsp3) is 0.400. The first-order valence-corrected chi connectivity index (χ1v) is 9.41. The van der Waals surface area contributed by atoms with Crippen molar-refractivity contribution in [1.82, 2.24) is 25.1 Å². The van der Waals surface area contributed by atoms with E-state index in [2.05, 4.69) is 15.3 Å². The molecule has 0 bridgehead atoms. The van der Waals surface area contributed by atoms with Crippen molar-refractivity contribution in [2.45, 2.75) is 31.7 Å². The van der Waals surface area contributed by atoms with E-state index in [9.17, 15) is 22.8 Å². The van der Waals surface area contributed by atoms with Gasteiger partial charge in [-0.05, 0) is 17.7 Å². The maximum Gasteiger partial charge on any atom is 0.416 e. The Morgan fingerprint density at radius 2 is 2.13 bits per heavy atom. The normalized spacial score (nSPS) is 17.5. The van der Waals surface area contributed by atoms with Crippen molar-refractivity contribution in [2.75, 3.05) is 20.1 Å². The maximum atomic E-state index is 13.0. The number of hydrogen-bond acceptors (Lipinski definition) is 5. The van der Waals surface area contributed by atoms with E-state index in [0.717, 1.165) is 12.1 Å². The zero-order valence-corrected chi connectivity index (χ0v) is 16.4. The number of amides is 2. The fourth-order valence-electron chi connectivity index (χ4n) is 3.32. The maximum absolute atomic E-state index is 13.0. The number of hydrogen-bond donors (Lipinski definition) is 1. The van der Waals surface area contributed by atoms with Gasteiger partial charge in [-0.1, -0.05) is 18.2 Å². The third-order valence-corrected chi connectivity index (χ3v) is 4.92. The number of piperazine rings is 1. The molecule has 1 aromatic carbocycles. The van der Waals surface area contributed by atoms with Crippen LogP contribution in [-0.2, 0) is 28.9 Å². The van der Waals surface area contributed by atoms with E-state index in [0.29, 0.717) is 24.3 Å². The minimum absolute atomic E-state index is 0.0770. The van der Waals surface area contributed by atoms with Crippen molar-refractivity contribution < 1.29 is 22.8 Å². The summed E-state index contributed by atoms with van der Waals surface area (Å²) in [6, 6.07) is 5.95. The number of halogens is 3. The van der Waals surface area contributed by atoms with Crippen LogP contribution >= 0.6 is 0 Å². The van der Waals surface area contributed by atoms with Crippen molar-refractivity contribution in [1.29, 1.82) is 0 Å². The van der Waals surface area contributed by atoms with Gasteiger partial charge in [0.05, 0.1) is 30.3 Å². The highest BCUT2D eigenvalue weighted by atomic mass is 19.4. The van der Waals surface area contributed by atoms with Crippen molar-refractivity contribution in [3.63, 3.8) is 0 Å². The van der Waals surface area contributed by atoms with E-state index >= 15 is 0 Å². The summed E-state index contributed by atoms with van der Waals surface area (Å²) >= 11 is 0. The zero-order valence-electron chi connectivity index (χ0n) is 16.4. The van der Waals surface area contributed by atoms with Crippen molar-refractivity contribution >= 4 is 11.8 Å². The average Bonchev–Trinajstić information content (AvgIpc) is 2.71. The lowest BCUT2D eigenvalue weighted by atomic mass is 10.0. The molecule has 7 nitrogen and oxygen atoms in total. The lowest BCUT2D eigenvalue weighted by Gasteiger charge is -2.35. The number of nitrogens with zero attached hydrogens (tertiary/aromatic N) is 4. The summed E-state index contributed by atoms with van der Waals surface area (Å²) in [7, 11) is 1.61. The van der Waals surface area contributed by atoms with Gasteiger partial charge in [-0.15, -0.1) is 0 Å². The van der Waals surface area contributed by atoms with Crippen molar-refractivity contribution in [3.05, 3.63) is 59.7 Å². The summed E-state index contributed by atoms with van der Waals surface area (Å²) in [6.07, 6.45) is -1.55. The molecule has 1 aliphatic heterocycles. The SMILES string of the molecule is CN(Cc1ccncn1)C(=O)CC1C(=O)NCCN1Cc1cccc(C(F)(F)F)c1. The van der Waals surface area contributed by atoms with Gasteiger partial charge >= 0.3 is 6.18 Å². The van der Waals surface area contributed by atoms with Crippen LogP contribution < -0.4 is 5.32 Å². The van der Waals surface area contributed by atoms with Gasteiger partial charge < -0.3 is 10.2 Å². The van der Waals surface area contributed by atoms with E-state index in [-0.39, 0.29) is 31.3 Å². The fourth-order valence-corrected chi connectivity index (χ4v) is 3.32. The van der Waals surface area contributed by atoms with Gasteiger partial charge in [0.2, 0.25) is 11.8 Å². The van der Waals surface area contributed by atoms with E-state index in [4.69, 9.17) is 0 Å². The minimum atomic E-state index is -4.44. The number of carbonyl (C=O) groups is 2. The summed E-state index contributed by atoms with van der Waals surface area (Å²) in [6.45, 7) is 1.23. The predicted octanol–water partition coefficient (Wildman–Crippen LogP) is 1.84. The van der Waals surface area contributed by atoms with Crippen LogP contribution in [0.5, 0.6) is 0 Å². The van der Waals surface area contributed by atoms with E-state index < -0.39 is 17.8 Å². The van der Waals surface area contributed by atoms with Gasteiger partial charge in [-0.2, -0.15) is 13.2 Å². The Morgan fingerprint density at radius 1 is 1.33 bits per heavy atom. The average molecular weight is 421 g/mol. The van der Waals surface area contributed by atoms with Crippen LogP contribution in [-0.4, -0.2) is 57.8 Å². The monoisotopic (exact) mass is 421 g/mol. The highest BCUT2D eigenvalue weighted by molar-refractivity contribution is 5.88. The minimum Gasteiger partial charge on any atom is -0.353 e. The molecule has 2 amide bonds. The highest BCUT2D eigenvalue weighted by Crippen LogP contribution is 2.30. The number of alkyl halides is 3. The molecule has 1 unspecified atom stereocenters. The largest absolute Gasteiger partial charge is 0.416 e. The summed E-state index contributed by atoms with van der Waals surface area (Å²) in [5.74, 6) is -0.568. The molecule has 10 heteroatoms. The van der Waals surface area contributed by atoms with E-state index in [1.54, 1.807) is 30.3 Å². The van der Waals surface area contributed by atoms with Gasteiger partial charge in [0.1, 0.15) is 6.33 Å². The first-order chi connectivity index (χ1) is 14.2. The zero-order chi connectivity index (χ0) is 21.7. The lowest BCUT2D eigenvalue weighted by Crippen LogP contribution is -2.56. The first kappa shape index (κ1) is 21.7. The van der Waals surface area contributed by atoms with Crippen LogP contribution in [0.15, 0.2) is 42.9 Å². The molecule has 2 aromatic rings. The molecule has 1 N–H and O–H groups in total. The molecule has 0 radical (unpaired) electrons. The summed E-state index contributed by atoms with van der Waals surface area (Å²) in [4.78, 5) is 36.2. The third kappa shape index (κ3) is 5.53. The Bertz CT molecular complexity index is 892. The number of nitrogens with one attached hydrogen (secondary N) is 1. The lowest BCUT2D eigenvalue weighted by molar-refractivity contribution is -0.138. The van der Waals surface area contributed by atoms with Gasteiger partial charge in [0, 0.05) is 32.9 Å². The smallest absolute Gasteiger partial charge is 0.353 e. The Kier molecular flexibility index (Phi) is 6.66.